The van der Waals surface area contributed by atoms with Gasteiger partial charge in [0.1, 0.15) is 16.9 Å². The van der Waals surface area contributed by atoms with E-state index in [-0.39, 0.29) is 29.1 Å². The molecule has 0 saturated carbocycles. The molecule has 0 fully saturated rings. The highest BCUT2D eigenvalue weighted by atomic mass is 16.6. The second-order valence-electron chi connectivity index (χ2n) is 11.0. The van der Waals surface area contributed by atoms with Gasteiger partial charge >= 0.3 is 12.1 Å². The number of ether oxygens (including phenoxy) is 2. The summed E-state index contributed by atoms with van der Waals surface area (Å²) in [7, 11) is 0. The first-order chi connectivity index (χ1) is 18.1. The molecule has 2 N–H and O–H groups in total. The van der Waals surface area contributed by atoms with Crippen molar-refractivity contribution < 1.29 is 23.9 Å². The number of nitriles is 1. The van der Waals surface area contributed by atoms with Gasteiger partial charge in [0, 0.05) is 16.5 Å². The van der Waals surface area contributed by atoms with Crippen LogP contribution < -0.4 is 10.6 Å². The number of rotatable bonds is 6. The van der Waals surface area contributed by atoms with Crippen LogP contribution in [-0.2, 0) is 9.47 Å². The zero-order chi connectivity index (χ0) is 29.1. The van der Waals surface area contributed by atoms with Crippen LogP contribution in [0.2, 0.25) is 0 Å². The molecule has 9 nitrogen and oxygen atoms in total. The standard InChI is InChI=1S/C30H32N4O5/c1-18(16-31)17-34(28(37)39-30(5,6)7)25-21(26(32)35)14-13-19-11-12-20(15-22(19)25)23-9-8-10-24(33-23)27(36)38-29(2,3)4/h8-15H,1,17H2,2-7H3,(H2,32,35). The number of benzene rings is 2. The molecule has 0 saturated heterocycles. The van der Waals surface area contributed by atoms with Crippen molar-refractivity contribution in [2.24, 2.45) is 5.73 Å². The third-order valence-electron chi connectivity index (χ3n) is 5.30. The summed E-state index contributed by atoms with van der Waals surface area (Å²) in [6.45, 7) is 13.9. The maximum atomic E-state index is 13.4. The first kappa shape index (κ1) is 28.9. The molecule has 2 amide bonds. The lowest BCUT2D eigenvalue weighted by atomic mass is 9.98. The highest BCUT2D eigenvalue weighted by molar-refractivity contribution is 6.13. The van der Waals surface area contributed by atoms with Crippen LogP contribution in [0.3, 0.4) is 0 Å². The van der Waals surface area contributed by atoms with E-state index in [0.29, 0.717) is 22.0 Å². The van der Waals surface area contributed by atoms with Crippen molar-refractivity contribution in [3.8, 4) is 17.3 Å². The number of hydrogen-bond acceptors (Lipinski definition) is 7. The van der Waals surface area contributed by atoms with Gasteiger partial charge in [-0.25, -0.2) is 14.6 Å². The molecule has 39 heavy (non-hydrogen) atoms. The summed E-state index contributed by atoms with van der Waals surface area (Å²) >= 11 is 0. The fourth-order valence-corrected chi connectivity index (χ4v) is 3.77. The quantitative estimate of drug-likeness (QED) is 0.316. The number of esters is 1. The predicted molar refractivity (Wildman–Crippen MR) is 149 cm³/mol. The molecule has 3 aromatic rings. The van der Waals surface area contributed by atoms with Gasteiger partial charge in [0.05, 0.1) is 29.6 Å². The fourth-order valence-electron chi connectivity index (χ4n) is 3.77. The minimum atomic E-state index is -0.849. The monoisotopic (exact) mass is 528 g/mol. The Balaban J connectivity index is 2.24. The molecule has 0 aliphatic heterocycles. The van der Waals surface area contributed by atoms with Gasteiger partial charge in [-0.1, -0.05) is 30.8 Å². The summed E-state index contributed by atoms with van der Waals surface area (Å²) in [6.07, 6.45) is -0.774. The minimum Gasteiger partial charge on any atom is -0.455 e. The number of fused-ring (bicyclic) bond motifs is 1. The summed E-state index contributed by atoms with van der Waals surface area (Å²) in [6, 6.07) is 15.5. The molecule has 2 aromatic carbocycles. The third kappa shape index (κ3) is 7.20. The normalized spacial score (nSPS) is 11.4. The average molecular weight is 529 g/mol. The van der Waals surface area contributed by atoms with Gasteiger partial charge in [-0.15, -0.1) is 0 Å². The van der Waals surface area contributed by atoms with Gasteiger partial charge in [0.2, 0.25) is 0 Å². The molecule has 0 radical (unpaired) electrons. The number of anilines is 1. The number of primary amides is 1. The highest BCUT2D eigenvalue weighted by Crippen LogP contribution is 2.35. The Bertz CT molecular complexity index is 1510. The van der Waals surface area contributed by atoms with Gasteiger partial charge in [-0.3, -0.25) is 9.69 Å². The van der Waals surface area contributed by atoms with Crippen LogP contribution in [0.4, 0.5) is 10.5 Å². The molecule has 0 unspecified atom stereocenters. The first-order valence-electron chi connectivity index (χ1n) is 12.3. The number of aromatic nitrogens is 1. The summed E-state index contributed by atoms with van der Waals surface area (Å²) in [5.41, 5.74) is 5.72. The number of pyridine rings is 1. The van der Waals surface area contributed by atoms with Gasteiger partial charge in [-0.05, 0) is 71.2 Å². The van der Waals surface area contributed by atoms with E-state index >= 15 is 0 Å². The van der Waals surface area contributed by atoms with Crippen LogP contribution >= 0.6 is 0 Å². The Hall–Kier alpha value is -4.71. The number of nitrogens with two attached hydrogens (primary N) is 1. The maximum Gasteiger partial charge on any atom is 0.415 e. The number of amides is 2. The van der Waals surface area contributed by atoms with Crippen LogP contribution in [0, 0.1) is 11.3 Å². The largest absolute Gasteiger partial charge is 0.455 e. The second kappa shape index (κ2) is 11.0. The molecular weight excluding hydrogens is 496 g/mol. The van der Waals surface area contributed by atoms with E-state index in [1.165, 1.54) is 11.0 Å². The molecule has 3 rings (SSSR count). The van der Waals surface area contributed by atoms with Crippen LogP contribution in [0.25, 0.3) is 22.0 Å². The van der Waals surface area contributed by atoms with E-state index in [9.17, 15) is 19.6 Å². The zero-order valence-corrected chi connectivity index (χ0v) is 23.0. The Morgan fingerprint density at radius 3 is 2.23 bits per heavy atom. The summed E-state index contributed by atoms with van der Waals surface area (Å²) in [5.74, 6) is -1.33. The molecule has 0 bridgehead atoms. The van der Waals surface area contributed by atoms with E-state index in [2.05, 4.69) is 11.6 Å². The third-order valence-corrected chi connectivity index (χ3v) is 5.30. The van der Waals surface area contributed by atoms with Crippen molar-refractivity contribution in [2.75, 3.05) is 11.4 Å². The Kier molecular flexibility index (Phi) is 8.10. The van der Waals surface area contributed by atoms with Gasteiger partial charge in [0.15, 0.2) is 0 Å². The molecule has 0 atom stereocenters. The highest BCUT2D eigenvalue weighted by Gasteiger charge is 2.29. The Morgan fingerprint density at radius 1 is 1.00 bits per heavy atom. The Labute approximate surface area is 227 Å². The summed E-state index contributed by atoms with van der Waals surface area (Å²) < 4.78 is 11.0. The lowest BCUT2D eigenvalue weighted by Crippen LogP contribution is -2.39. The van der Waals surface area contributed by atoms with Gasteiger partial charge in [-0.2, -0.15) is 5.26 Å². The maximum absolute atomic E-state index is 13.4. The summed E-state index contributed by atoms with van der Waals surface area (Å²) in [4.78, 5) is 44.2. The zero-order valence-electron chi connectivity index (χ0n) is 23.0. The average Bonchev–Trinajstić information content (AvgIpc) is 2.84. The number of nitrogens with zero attached hydrogens (tertiary/aromatic N) is 3. The lowest BCUT2D eigenvalue weighted by molar-refractivity contribution is 0.00626. The van der Waals surface area contributed by atoms with Gasteiger partial charge in [0.25, 0.3) is 5.91 Å². The van der Waals surface area contributed by atoms with Crippen LogP contribution in [0.5, 0.6) is 0 Å². The lowest BCUT2D eigenvalue weighted by Gasteiger charge is -2.29. The van der Waals surface area contributed by atoms with E-state index in [4.69, 9.17) is 15.2 Å². The molecule has 0 aliphatic rings. The van der Waals surface area contributed by atoms with Crippen LogP contribution in [0.15, 0.2) is 60.7 Å². The second-order valence-corrected chi connectivity index (χ2v) is 11.0. The minimum absolute atomic E-state index is 0.0618. The number of hydrogen-bond donors (Lipinski definition) is 1. The molecule has 1 heterocycles. The molecule has 9 heteroatoms. The van der Waals surface area contributed by atoms with Crippen molar-refractivity contribution in [3.63, 3.8) is 0 Å². The van der Waals surface area contributed by atoms with E-state index in [0.717, 1.165) is 0 Å². The summed E-state index contributed by atoms with van der Waals surface area (Å²) in [5, 5.41) is 10.6. The smallest absolute Gasteiger partial charge is 0.415 e. The topological polar surface area (TPSA) is 136 Å². The van der Waals surface area contributed by atoms with Crippen molar-refractivity contribution in [1.29, 1.82) is 5.26 Å². The number of carbonyl (C=O) groups excluding carboxylic acids is 3. The predicted octanol–water partition coefficient (Wildman–Crippen LogP) is 5.78. The molecular formula is C30H32N4O5. The fraction of sp³-hybridized carbons (Fsp3) is 0.300. The van der Waals surface area contributed by atoms with Gasteiger partial charge < -0.3 is 15.2 Å². The van der Waals surface area contributed by atoms with E-state index in [1.807, 2.05) is 12.1 Å². The molecule has 0 aliphatic carbocycles. The van der Waals surface area contributed by atoms with Crippen molar-refractivity contribution in [3.05, 3.63) is 71.9 Å². The van der Waals surface area contributed by atoms with Crippen LogP contribution in [0.1, 0.15) is 62.4 Å². The van der Waals surface area contributed by atoms with Crippen molar-refractivity contribution >= 4 is 34.4 Å². The SMILES string of the molecule is C=C(C#N)CN(C(=O)OC(C)(C)C)c1c(C(N)=O)ccc2ccc(-c3cccc(C(=O)OC(C)(C)C)n3)cc12. The molecule has 202 valence electrons. The van der Waals surface area contributed by atoms with E-state index < -0.39 is 29.2 Å². The molecule has 1 aromatic heterocycles. The first-order valence-corrected chi connectivity index (χ1v) is 12.3. The van der Waals surface area contributed by atoms with Crippen molar-refractivity contribution in [2.45, 2.75) is 52.7 Å². The van der Waals surface area contributed by atoms with Crippen LogP contribution in [-0.4, -0.2) is 40.7 Å². The molecule has 0 spiro atoms. The van der Waals surface area contributed by atoms with Crippen molar-refractivity contribution in [1.82, 2.24) is 4.98 Å². The number of carbonyl (C=O) groups is 3. The Morgan fingerprint density at radius 2 is 1.64 bits per heavy atom. The van der Waals surface area contributed by atoms with E-state index in [1.54, 1.807) is 77.9 Å².